The van der Waals surface area contributed by atoms with E-state index in [0.29, 0.717) is 0 Å². The number of benzene rings is 1. The highest BCUT2D eigenvalue weighted by Crippen LogP contribution is 2.32. The average Bonchev–Trinajstić information content (AvgIpc) is 2.50. The van der Waals surface area contributed by atoms with Crippen molar-refractivity contribution in [2.45, 2.75) is 32.5 Å². The number of amides is 3. The Hall–Kier alpha value is -2.10. The van der Waals surface area contributed by atoms with Crippen molar-refractivity contribution in [2.75, 3.05) is 11.6 Å². The maximum absolute atomic E-state index is 12.5. The van der Waals surface area contributed by atoms with Crippen LogP contribution < -0.4 is 16.0 Å². The van der Waals surface area contributed by atoms with Crippen molar-refractivity contribution in [3.8, 4) is 0 Å². The smallest absolute Gasteiger partial charge is 0.343 e. The summed E-state index contributed by atoms with van der Waals surface area (Å²) in [7, 11) is -4.45. The Morgan fingerprint density at radius 3 is 2.15 bits per heavy atom. The quantitative estimate of drug-likeness (QED) is 0.441. The van der Waals surface area contributed by atoms with E-state index in [9.17, 15) is 27.3 Å². The summed E-state index contributed by atoms with van der Waals surface area (Å²) in [4.78, 5) is 41.7. The second-order valence-corrected chi connectivity index (χ2v) is 7.87. The van der Waals surface area contributed by atoms with Crippen LogP contribution in [0.5, 0.6) is 0 Å². The van der Waals surface area contributed by atoms with E-state index in [0.717, 1.165) is 24.3 Å². The summed E-state index contributed by atoms with van der Waals surface area (Å²) in [6, 6.07) is 1.81. The van der Waals surface area contributed by atoms with Gasteiger partial charge in [0, 0.05) is 5.69 Å². The van der Waals surface area contributed by atoms with Gasteiger partial charge in [-0.15, -0.1) is 0 Å². The van der Waals surface area contributed by atoms with E-state index in [1.807, 2.05) is 0 Å². The number of alkyl halides is 3. The molecule has 0 radical (unpaired) electrons. The number of rotatable bonds is 7. The summed E-state index contributed by atoms with van der Waals surface area (Å²) in [5, 5.41) is 6.69. The first kappa shape index (κ1) is 22.9. The van der Waals surface area contributed by atoms with E-state index in [4.69, 9.17) is 9.79 Å². The van der Waals surface area contributed by atoms with E-state index < -0.39 is 43.6 Å². The molecule has 1 rings (SSSR count). The number of halogens is 3. The zero-order valence-electron chi connectivity index (χ0n) is 14.6. The standard InChI is InChI=1S/C15H21F3N3O5P/c1-9(2)7-12(13(22)19-8-27(24,25)26)21-14(23)20-11-5-3-10(4-6-11)15(16,17)18/h3-6,9,12H,7-8H2,1-2H3,(H,19,22)(H2,20,21,23)(H2,24,25,26). The number of carbonyl (C=O) groups excluding carboxylic acids is 2. The van der Waals surface area contributed by atoms with Crippen molar-refractivity contribution < 1.29 is 37.1 Å². The van der Waals surface area contributed by atoms with E-state index in [-0.39, 0.29) is 18.0 Å². The molecule has 0 saturated heterocycles. The molecule has 0 fully saturated rings. The van der Waals surface area contributed by atoms with Gasteiger partial charge in [0.1, 0.15) is 12.3 Å². The Balaban J connectivity index is 2.73. The lowest BCUT2D eigenvalue weighted by Crippen LogP contribution is -2.48. The second-order valence-electron chi connectivity index (χ2n) is 6.22. The third kappa shape index (κ3) is 8.89. The molecule has 1 aromatic carbocycles. The number of carbonyl (C=O) groups is 2. The molecule has 0 aromatic heterocycles. The first-order chi connectivity index (χ1) is 12.3. The first-order valence-electron chi connectivity index (χ1n) is 7.85. The van der Waals surface area contributed by atoms with Crippen LogP contribution in [-0.4, -0.2) is 34.1 Å². The van der Waals surface area contributed by atoms with Gasteiger partial charge in [-0.05, 0) is 36.6 Å². The zero-order chi connectivity index (χ0) is 20.8. The molecule has 0 bridgehead atoms. The Morgan fingerprint density at radius 1 is 1.15 bits per heavy atom. The van der Waals surface area contributed by atoms with Crippen LogP contribution in [0, 0.1) is 5.92 Å². The van der Waals surface area contributed by atoms with Gasteiger partial charge in [0.25, 0.3) is 0 Å². The molecule has 1 aromatic rings. The first-order valence-corrected chi connectivity index (χ1v) is 9.65. The summed E-state index contributed by atoms with van der Waals surface area (Å²) < 4.78 is 48.4. The molecule has 3 amide bonds. The molecular formula is C15H21F3N3O5P. The molecule has 8 nitrogen and oxygen atoms in total. The van der Waals surface area contributed by atoms with Crippen molar-refractivity contribution in [1.82, 2.24) is 10.6 Å². The molecule has 12 heteroatoms. The van der Waals surface area contributed by atoms with E-state index in [2.05, 4.69) is 16.0 Å². The summed E-state index contributed by atoms with van der Waals surface area (Å²) in [6.07, 6.45) is -5.18. The molecule has 0 heterocycles. The highest BCUT2D eigenvalue weighted by molar-refractivity contribution is 7.51. The lowest BCUT2D eigenvalue weighted by atomic mass is 10.0. The minimum Gasteiger partial charge on any atom is -0.343 e. The number of urea groups is 1. The third-order valence-corrected chi connectivity index (χ3v) is 3.83. The Kier molecular flexibility index (Phi) is 7.82. The SMILES string of the molecule is CC(C)CC(NC(=O)Nc1ccc(C(F)(F)F)cc1)C(=O)NCP(=O)(O)O. The molecule has 27 heavy (non-hydrogen) atoms. The lowest BCUT2D eigenvalue weighted by molar-refractivity contribution is -0.137. The fourth-order valence-electron chi connectivity index (χ4n) is 2.07. The zero-order valence-corrected chi connectivity index (χ0v) is 15.5. The Labute approximate surface area is 153 Å². The largest absolute Gasteiger partial charge is 0.416 e. The van der Waals surface area contributed by atoms with Crippen LogP contribution in [-0.2, 0) is 15.5 Å². The van der Waals surface area contributed by atoms with Crippen LogP contribution in [0.2, 0.25) is 0 Å². The lowest BCUT2D eigenvalue weighted by Gasteiger charge is -2.20. The summed E-state index contributed by atoms with van der Waals surface area (Å²) >= 11 is 0. The fraction of sp³-hybridized carbons (Fsp3) is 0.467. The predicted molar refractivity (Wildman–Crippen MR) is 91.9 cm³/mol. The van der Waals surface area contributed by atoms with Crippen LogP contribution in [0.25, 0.3) is 0 Å². The normalized spacial score (nSPS) is 13.2. The van der Waals surface area contributed by atoms with Gasteiger partial charge in [-0.25, -0.2) is 4.79 Å². The number of hydrogen-bond donors (Lipinski definition) is 5. The summed E-state index contributed by atoms with van der Waals surface area (Å²) in [5.41, 5.74) is -0.789. The van der Waals surface area contributed by atoms with Crippen LogP contribution in [0.4, 0.5) is 23.7 Å². The Bertz CT molecular complexity index is 704. The minimum absolute atomic E-state index is 0.0258. The van der Waals surface area contributed by atoms with Crippen molar-refractivity contribution in [2.24, 2.45) is 5.92 Å². The monoisotopic (exact) mass is 411 g/mol. The van der Waals surface area contributed by atoms with Gasteiger partial charge in [0.15, 0.2) is 0 Å². The molecule has 1 unspecified atom stereocenters. The maximum Gasteiger partial charge on any atom is 0.416 e. The molecule has 152 valence electrons. The molecule has 1 atom stereocenters. The summed E-state index contributed by atoms with van der Waals surface area (Å²) in [6.45, 7) is 3.55. The van der Waals surface area contributed by atoms with Gasteiger partial charge in [-0.1, -0.05) is 13.8 Å². The Morgan fingerprint density at radius 2 is 1.70 bits per heavy atom. The van der Waals surface area contributed by atoms with Crippen LogP contribution in [0.1, 0.15) is 25.8 Å². The molecule has 5 N–H and O–H groups in total. The van der Waals surface area contributed by atoms with Crippen molar-refractivity contribution in [1.29, 1.82) is 0 Å². The van der Waals surface area contributed by atoms with Crippen LogP contribution in [0.3, 0.4) is 0 Å². The van der Waals surface area contributed by atoms with Gasteiger partial charge in [-0.2, -0.15) is 13.2 Å². The number of nitrogens with one attached hydrogen (secondary N) is 3. The molecule has 0 aliphatic heterocycles. The molecule has 0 spiro atoms. The topological polar surface area (TPSA) is 128 Å². The average molecular weight is 411 g/mol. The number of hydrogen-bond acceptors (Lipinski definition) is 3. The highest BCUT2D eigenvalue weighted by Gasteiger charge is 2.30. The van der Waals surface area contributed by atoms with Gasteiger partial charge in [0.2, 0.25) is 5.91 Å². The van der Waals surface area contributed by atoms with Gasteiger partial charge >= 0.3 is 19.8 Å². The molecular weight excluding hydrogens is 390 g/mol. The fourth-order valence-corrected chi connectivity index (χ4v) is 2.44. The predicted octanol–water partition coefficient (Wildman–Crippen LogP) is 2.49. The van der Waals surface area contributed by atoms with Gasteiger partial charge in [0.05, 0.1) is 5.56 Å². The molecule has 0 aliphatic carbocycles. The third-order valence-electron chi connectivity index (χ3n) is 3.26. The summed E-state index contributed by atoms with van der Waals surface area (Å²) in [5.74, 6) is -0.809. The second kappa shape index (κ2) is 9.20. The highest BCUT2D eigenvalue weighted by atomic mass is 31.2. The van der Waals surface area contributed by atoms with Crippen molar-refractivity contribution >= 4 is 25.2 Å². The van der Waals surface area contributed by atoms with E-state index >= 15 is 0 Å². The molecule has 0 saturated carbocycles. The molecule has 0 aliphatic rings. The number of anilines is 1. The van der Waals surface area contributed by atoms with E-state index in [1.54, 1.807) is 13.8 Å². The van der Waals surface area contributed by atoms with Crippen molar-refractivity contribution in [3.63, 3.8) is 0 Å². The van der Waals surface area contributed by atoms with Crippen LogP contribution >= 0.6 is 7.60 Å². The van der Waals surface area contributed by atoms with E-state index in [1.165, 1.54) is 0 Å². The maximum atomic E-state index is 12.5. The van der Waals surface area contributed by atoms with Crippen LogP contribution in [0.15, 0.2) is 24.3 Å². The minimum atomic E-state index is -4.50. The van der Waals surface area contributed by atoms with Gasteiger partial charge < -0.3 is 25.7 Å². The van der Waals surface area contributed by atoms with Gasteiger partial charge in [-0.3, -0.25) is 9.36 Å². The van der Waals surface area contributed by atoms with Crippen molar-refractivity contribution in [3.05, 3.63) is 29.8 Å².